The SMILES string of the molecule is CCNC(=NCCN1CCc2cc(OC)c(OC)cc2C1)NCCc1csc(C)n1. The van der Waals surface area contributed by atoms with E-state index in [1.165, 1.54) is 11.1 Å². The Labute approximate surface area is 183 Å². The zero-order valence-electron chi connectivity index (χ0n) is 18.5. The van der Waals surface area contributed by atoms with Crippen molar-refractivity contribution in [2.75, 3.05) is 46.9 Å². The Balaban J connectivity index is 1.50. The molecule has 1 aliphatic heterocycles. The molecule has 0 amide bonds. The molecule has 1 aliphatic rings. The van der Waals surface area contributed by atoms with E-state index in [9.17, 15) is 0 Å². The number of aryl methyl sites for hydroxylation is 1. The van der Waals surface area contributed by atoms with Crippen LogP contribution in [0.4, 0.5) is 0 Å². The van der Waals surface area contributed by atoms with E-state index in [0.717, 1.165) is 80.3 Å². The second kappa shape index (κ2) is 11.2. The highest BCUT2D eigenvalue weighted by Gasteiger charge is 2.19. The minimum absolute atomic E-state index is 0.758. The van der Waals surface area contributed by atoms with Crippen LogP contribution in [0.5, 0.6) is 11.5 Å². The lowest BCUT2D eigenvalue weighted by Gasteiger charge is -2.29. The fourth-order valence-corrected chi connectivity index (χ4v) is 4.26. The molecule has 30 heavy (non-hydrogen) atoms. The first-order chi connectivity index (χ1) is 14.6. The highest BCUT2D eigenvalue weighted by molar-refractivity contribution is 7.09. The Morgan fingerprint density at radius 3 is 2.63 bits per heavy atom. The molecule has 2 aromatic rings. The average Bonchev–Trinajstić information content (AvgIpc) is 3.17. The summed E-state index contributed by atoms with van der Waals surface area (Å²) in [7, 11) is 3.37. The monoisotopic (exact) mass is 431 g/mol. The molecule has 2 heterocycles. The fraction of sp³-hybridized carbons (Fsp3) is 0.545. The molecule has 0 radical (unpaired) electrons. The predicted octanol–water partition coefficient (Wildman–Crippen LogP) is 2.62. The van der Waals surface area contributed by atoms with Gasteiger partial charge in [-0.05, 0) is 43.5 Å². The summed E-state index contributed by atoms with van der Waals surface area (Å²) in [5.41, 5.74) is 3.80. The van der Waals surface area contributed by atoms with Crippen LogP contribution in [0, 0.1) is 6.92 Å². The van der Waals surface area contributed by atoms with Crippen LogP contribution in [0.3, 0.4) is 0 Å². The number of nitrogens with zero attached hydrogens (tertiary/aromatic N) is 3. The highest BCUT2D eigenvalue weighted by atomic mass is 32.1. The second-order valence-corrected chi connectivity index (χ2v) is 8.36. The summed E-state index contributed by atoms with van der Waals surface area (Å²) in [5, 5.41) is 9.98. The summed E-state index contributed by atoms with van der Waals surface area (Å²) in [5.74, 6) is 2.47. The number of rotatable bonds is 9. The number of hydrogen-bond donors (Lipinski definition) is 2. The van der Waals surface area contributed by atoms with Crippen LogP contribution in [-0.4, -0.2) is 62.8 Å². The van der Waals surface area contributed by atoms with Gasteiger partial charge in [0.25, 0.3) is 0 Å². The van der Waals surface area contributed by atoms with Crippen LogP contribution in [0.15, 0.2) is 22.5 Å². The Bertz CT molecular complexity index is 852. The van der Waals surface area contributed by atoms with E-state index in [0.29, 0.717) is 0 Å². The van der Waals surface area contributed by atoms with Crippen LogP contribution >= 0.6 is 11.3 Å². The van der Waals surface area contributed by atoms with Crippen LogP contribution in [0.1, 0.15) is 28.8 Å². The maximum Gasteiger partial charge on any atom is 0.191 e. The van der Waals surface area contributed by atoms with Crippen molar-refractivity contribution in [2.24, 2.45) is 4.99 Å². The molecule has 3 rings (SSSR count). The normalized spacial score (nSPS) is 14.3. The molecular weight excluding hydrogens is 398 g/mol. The van der Waals surface area contributed by atoms with Crippen molar-refractivity contribution >= 4 is 17.3 Å². The van der Waals surface area contributed by atoms with Crippen LogP contribution < -0.4 is 20.1 Å². The molecule has 0 saturated carbocycles. The van der Waals surface area contributed by atoms with Crippen molar-refractivity contribution in [3.05, 3.63) is 39.3 Å². The van der Waals surface area contributed by atoms with E-state index in [1.807, 2.05) is 6.92 Å². The third-order valence-corrected chi connectivity index (χ3v) is 5.99. The minimum atomic E-state index is 0.758. The number of benzene rings is 1. The van der Waals surface area contributed by atoms with Gasteiger partial charge < -0.3 is 20.1 Å². The van der Waals surface area contributed by atoms with Crippen LogP contribution in [0.25, 0.3) is 0 Å². The third-order valence-electron chi connectivity index (χ3n) is 5.17. The quantitative estimate of drug-likeness (QED) is 0.470. The Kier molecular flexibility index (Phi) is 8.33. The molecular formula is C22H33N5O2S. The lowest BCUT2D eigenvalue weighted by Crippen LogP contribution is -2.39. The first kappa shape index (κ1) is 22.4. The Hall–Kier alpha value is -2.32. The van der Waals surface area contributed by atoms with Crippen molar-refractivity contribution in [3.63, 3.8) is 0 Å². The third kappa shape index (κ3) is 6.09. The van der Waals surface area contributed by atoms with Gasteiger partial charge in [0.2, 0.25) is 0 Å². The van der Waals surface area contributed by atoms with Crippen molar-refractivity contribution < 1.29 is 9.47 Å². The predicted molar refractivity (Wildman–Crippen MR) is 123 cm³/mol. The fourth-order valence-electron chi connectivity index (χ4n) is 3.61. The van der Waals surface area contributed by atoms with E-state index >= 15 is 0 Å². The van der Waals surface area contributed by atoms with E-state index in [1.54, 1.807) is 25.6 Å². The highest BCUT2D eigenvalue weighted by Crippen LogP contribution is 2.33. The van der Waals surface area contributed by atoms with Gasteiger partial charge in [0, 0.05) is 44.5 Å². The van der Waals surface area contributed by atoms with E-state index in [2.05, 4.69) is 45.0 Å². The standard InChI is InChI=1S/C22H33N5O2S/c1-5-23-22(24-8-6-19-15-30-16(2)26-19)25-9-11-27-10-7-17-12-20(28-3)21(29-4)13-18(17)14-27/h12-13,15H,5-11,14H2,1-4H3,(H2,23,24,25). The molecule has 0 atom stereocenters. The molecule has 0 aliphatic carbocycles. The van der Waals surface area contributed by atoms with Crippen LogP contribution in [-0.2, 0) is 19.4 Å². The molecule has 0 fully saturated rings. The molecule has 0 unspecified atom stereocenters. The van der Waals surface area contributed by atoms with Gasteiger partial charge in [0.05, 0.1) is 31.5 Å². The number of aromatic nitrogens is 1. The summed E-state index contributed by atoms with van der Waals surface area (Å²) in [6.45, 7) is 9.43. The zero-order valence-corrected chi connectivity index (χ0v) is 19.3. The molecule has 164 valence electrons. The van der Waals surface area contributed by atoms with Crippen molar-refractivity contribution in [1.82, 2.24) is 20.5 Å². The maximum atomic E-state index is 5.46. The number of guanidine groups is 1. The number of fused-ring (bicyclic) bond motifs is 1. The molecule has 0 spiro atoms. The molecule has 1 aromatic carbocycles. The first-order valence-corrected chi connectivity index (χ1v) is 11.4. The summed E-state index contributed by atoms with van der Waals surface area (Å²) < 4.78 is 10.9. The van der Waals surface area contributed by atoms with Gasteiger partial charge in [-0.3, -0.25) is 9.89 Å². The molecule has 0 bridgehead atoms. The van der Waals surface area contributed by atoms with Crippen molar-refractivity contribution in [3.8, 4) is 11.5 Å². The largest absolute Gasteiger partial charge is 0.493 e. The Morgan fingerprint density at radius 1 is 1.20 bits per heavy atom. The number of ether oxygens (including phenoxy) is 2. The van der Waals surface area contributed by atoms with Gasteiger partial charge in [0.1, 0.15) is 0 Å². The Morgan fingerprint density at radius 2 is 1.97 bits per heavy atom. The summed E-state index contributed by atoms with van der Waals surface area (Å²) in [6.07, 6.45) is 1.92. The lowest BCUT2D eigenvalue weighted by molar-refractivity contribution is 0.260. The lowest BCUT2D eigenvalue weighted by atomic mass is 9.99. The smallest absolute Gasteiger partial charge is 0.191 e. The summed E-state index contributed by atoms with van der Waals surface area (Å²) in [6, 6.07) is 4.22. The minimum Gasteiger partial charge on any atom is -0.493 e. The number of hydrogen-bond acceptors (Lipinski definition) is 6. The van der Waals surface area contributed by atoms with Gasteiger partial charge in [-0.25, -0.2) is 4.98 Å². The zero-order chi connectivity index (χ0) is 21.3. The van der Waals surface area contributed by atoms with E-state index in [-0.39, 0.29) is 0 Å². The van der Waals surface area contributed by atoms with E-state index in [4.69, 9.17) is 14.5 Å². The molecule has 7 nitrogen and oxygen atoms in total. The van der Waals surface area contributed by atoms with Gasteiger partial charge in [-0.1, -0.05) is 0 Å². The van der Waals surface area contributed by atoms with Gasteiger partial charge in [0.15, 0.2) is 17.5 Å². The molecule has 8 heteroatoms. The van der Waals surface area contributed by atoms with Gasteiger partial charge in [-0.15, -0.1) is 11.3 Å². The number of methoxy groups -OCH3 is 2. The van der Waals surface area contributed by atoms with E-state index < -0.39 is 0 Å². The number of nitrogens with one attached hydrogen (secondary N) is 2. The van der Waals surface area contributed by atoms with Crippen molar-refractivity contribution in [2.45, 2.75) is 33.2 Å². The molecule has 2 N–H and O–H groups in total. The topological polar surface area (TPSA) is 71.0 Å². The van der Waals surface area contributed by atoms with Gasteiger partial charge in [-0.2, -0.15) is 0 Å². The number of thiazole rings is 1. The maximum absolute atomic E-state index is 5.46. The summed E-state index contributed by atoms with van der Waals surface area (Å²) >= 11 is 1.70. The van der Waals surface area contributed by atoms with Crippen molar-refractivity contribution in [1.29, 1.82) is 0 Å². The second-order valence-electron chi connectivity index (χ2n) is 7.30. The number of aliphatic imine (C=N–C) groups is 1. The van der Waals surface area contributed by atoms with Gasteiger partial charge >= 0.3 is 0 Å². The average molecular weight is 432 g/mol. The molecule has 0 saturated heterocycles. The van der Waals surface area contributed by atoms with Crippen LogP contribution in [0.2, 0.25) is 0 Å². The molecule has 1 aromatic heterocycles. The first-order valence-electron chi connectivity index (χ1n) is 10.5. The summed E-state index contributed by atoms with van der Waals surface area (Å²) in [4.78, 5) is 11.7.